The van der Waals surface area contributed by atoms with Gasteiger partial charge in [0, 0.05) is 31.6 Å². The standard InChI is InChI=1S/C19H24FN3O2.ClH/c1-3-16-15(18(4-2)25-22-16)11-19(24)23-9-8-21-12-17(23)13-6-5-7-14(20)10-13;/h5-7,10,17,21H,3-4,8-9,11-12H2,1-2H3;1H. The zero-order chi connectivity index (χ0) is 17.8. The van der Waals surface area contributed by atoms with E-state index in [1.807, 2.05) is 24.8 Å². The van der Waals surface area contributed by atoms with E-state index in [0.29, 0.717) is 19.5 Å². The molecule has 1 amide bonds. The number of hydrogen-bond donors (Lipinski definition) is 1. The molecule has 1 atom stereocenters. The Morgan fingerprint density at radius 3 is 2.88 bits per heavy atom. The number of amides is 1. The van der Waals surface area contributed by atoms with E-state index in [-0.39, 0.29) is 36.6 Å². The summed E-state index contributed by atoms with van der Waals surface area (Å²) in [6, 6.07) is 6.32. The summed E-state index contributed by atoms with van der Waals surface area (Å²) < 4.78 is 19.0. The van der Waals surface area contributed by atoms with Crippen molar-refractivity contribution in [3.63, 3.8) is 0 Å². The molecule has 1 aliphatic rings. The minimum absolute atomic E-state index is 0. The Labute approximate surface area is 159 Å². The molecule has 3 rings (SSSR count). The predicted molar refractivity (Wildman–Crippen MR) is 99.9 cm³/mol. The van der Waals surface area contributed by atoms with Gasteiger partial charge in [-0.1, -0.05) is 31.1 Å². The highest BCUT2D eigenvalue weighted by molar-refractivity contribution is 5.85. The van der Waals surface area contributed by atoms with Gasteiger partial charge in [0.15, 0.2) is 0 Å². The third-order valence-corrected chi connectivity index (χ3v) is 4.73. The lowest BCUT2D eigenvalue weighted by atomic mass is 10.0. The second-order valence-electron chi connectivity index (χ2n) is 6.28. The van der Waals surface area contributed by atoms with Crippen LogP contribution in [0.25, 0.3) is 0 Å². The molecule has 1 unspecified atom stereocenters. The molecule has 5 nitrogen and oxygen atoms in total. The molecule has 2 aromatic rings. The van der Waals surface area contributed by atoms with Crippen LogP contribution in [0.3, 0.4) is 0 Å². The van der Waals surface area contributed by atoms with Crippen LogP contribution in [-0.4, -0.2) is 35.6 Å². The summed E-state index contributed by atoms with van der Waals surface area (Å²) >= 11 is 0. The number of benzene rings is 1. The SMILES string of the molecule is CCc1noc(CC)c1CC(=O)N1CCNCC1c1cccc(F)c1.Cl. The average Bonchev–Trinajstić information content (AvgIpc) is 3.03. The van der Waals surface area contributed by atoms with Gasteiger partial charge in [-0.3, -0.25) is 4.79 Å². The van der Waals surface area contributed by atoms with E-state index >= 15 is 0 Å². The molecule has 7 heteroatoms. The van der Waals surface area contributed by atoms with Gasteiger partial charge in [0.05, 0.1) is 18.2 Å². The summed E-state index contributed by atoms with van der Waals surface area (Å²) in [5.74, 6) is 0.530. The fourth-order valence-corrected chi connectivity index (χ4v) is 3.41. The normalized spacial score (nSPS) is 17.0. The molecule has 0 bridgehead atoms. The van der Waals surface area contributed by atoms with E-state index in [9.17, 15) is 9.18 Å². The summed E-state index contributed by atoms with van der Waals surface area (Å²) in [6.45, 7) is 5.97. The molecule has 0 radical (unpaired) electrons. The van der Waals surface area contributed by atoms with Crippen molar-refractivity contribution >= 4 is 18.3 Å². The zero-order valence-corrected chi connectivity index (χ0v) is 15.9. The highest BCUT2D eigenvalue weighted by Crippen LogP contribution is 2.25. The minimum Gasteiger partial charge on any atom is -0.361 e. The van der Waals surface area contributed by atoms with Crippen molar-refractivity contribution in [3.05, 3.63) is 52.7 Å². The monoisotopic (exact) mass is 381 g/mol. The molecule has 0 aliphatic carbocycles. The van der Waals surface area contributed by atoms with Gasteiger partial charge < -0.3 is 14.7 Å². The van der Waals surface area contributed by atoms with Gasteiger partial charge >= 0.3 is 0 Å². The number of nitrogens with zero attached hydrogens (tertiary/aromatic N) is 2. The van der Waals surface area contributed by atoms with E-state index in [4.69, 9.17) is 4.52 Å². The number of rotatable bonds is 5. The van der Waals surface area contributed by atoms with Gasteiger partial charge in [0.2, 0.25) is 5.91 Å². The maximum absolute atomic E-state index is 13.6. The van der Waals surface area contributed by atoms with Crippen molar-refractivity contribution in [3.8, 4) is 0 Å². The van der Waals surface area contributed by atoms with Gasteiger partial charge in [-0.15, -0.1) is 12.4 Å². The molecule has 0 saturated carbocycles. The number of halogens is 2. The lowest BCUT2D eigenvalue weighted by Gasteiger charge is -2.36. The van der Waals surface area contributed by atoms with Crippen LogP contribution in [-0.2, 0) is 24.1 Å². The summed E-state index contributed by atoms with van der Waals surface area (Å²) in [4.78, 5) is 14.8. The zero-order valence-electron chi connectivity index (χ0n) is 15.1. The number of hydrogen-bond acceptors (Lipinski definition) is 4. The number of carbonyl (C=O) groups is 1. The van der Waals surface area contributed by atoms with Gasteiger partial charge in [0.1, 0.15) is 11.6 Å². The summed E-state index contributed by atoms with van der Waals surface area (Å²) in [5.41, 5.74) is 2.58. The highest BCUT2D eigenvalue weighted by Gasteiger charge is 2.29. The van der Waals surface area contributed by atoms with E-state index in [1.54, 1.807) is 6.07 Å². The Morgan fingerprint density at radius 2 is 2.19 bits per heavy atom. The summed E-state index contributed by atoms with van der Waals surface area (Å²) in [7, 11) is 0. The van der Waals surface area contributed by atoms with Crippen molar-refractivity contribution in [1.82, 2.24) is 15.4 Å². The molecule has 1 aromatic carbocycles. The van der Waals surface area contributed by atoms with Crippen LogP contribution in [0.4, 0.5) is 4.39 Å². The maximum Gasteiger partial charge on any atom is 0.227 e. The molecule has 142 valence electrons. The number of aryl methyl sites for hydroxylation is 2. The van der Waals surface area contributed by atoms with Gasteiger partial charge in [0.25, 0.3) is 0 Å². The Bertz CT molecular complexity index is 729. The smallest absolute Gasteiger partial charge is 0.227 e. The fourth-order valence-electron chi connectivity index (χ4n) is 3.41. The summed E-state index contributed by atoms with van der Waals surface area (Å²) in [6.07, 6.45) is 1.73. The number of carbonyl (C=O) groups excluding carboxylic acids is 1. The minimum atomic E-state index is -0.281. The maximum atomic E-state index is 13.6. The van der Waals surface area contributed by atoms with Gasteiger partial charge in [-0.2, -0.15) is 0 Å². The molecular formula is C19H25ClFN3O2. The van der Waals surface area contributed by atoms with E-state index in [2.05, 4.69) is 10.5 Å². The molecular weight excluding hydrogens is 357 g/mol. The topological polar surface area (TPSA) is 58.4 Å². The van der Waals surface area contributed by atoms with Crippen LogP contribution in [0.1, 0.15) is 42.5 Å². The quantitative estimate of drug-likeness (QED) is 0.864. The summed E-state index contributed by atoms with van der Waals surface area (Å²) in [5, 5.41) is 7.38. The third-order valence-electron chi connectivity index (χ3n) is 4.73. The van der Waals surface area contributed by atoms with Crippen LogP contribution >= 0.6 is 12.4 Å². The second-order valence-corrected chi connectivity index (χ2v) is 6.28. The second kappa shape index (κ2) is 9.14. The van der Waals surface area contributed by atoms with Crippen LogP contribution < -0.4 is 5.32 Å². The third kappa shape index (κ3) is 4.24. The molecule has 1 aliphatic heterocycles. The van der Waals surface area contributed by atoms with Gasteiger partial charge in [-0.05, 0) is 24.1 Å². The first-order valence-electron chi connectivity index (χ1n) is 8.86. The van der Waals surface area contributed by atoms with Crippen LogP contribution in [0.15, 0.2) is 28.8 Å². The fraction of sp³-hybridized carbons (Fsp3) is 0.474. The molecule has 0 spiro atoms. The molecule has 1 fully saturated rings. The Balaban J connectivity index is 0.00000243. The first-order chi connectivity index (χ1) is 12.1. The first-order valence-corrected chi connectivity index (χ1v) is 8.86. The van der Waals surface area contributed by atoms with Crippen molar-refractivity contribution in [1.29, 1.82) is 0 Å². The van der Waals surface area contributed by atoms with Crippen LogP contribution in [0.2, 0.25) is 0 Å². The van der Waals surface area contributed by atoms with Gasteiger partial charge in [-0.25, -0.2) is 4.39 Å². The Hall–Kier alpha value is -1.92. The largest absolute Gasteiger partial charge is 0.361 e. The molecule has 1 N–H and O–H groups in total. The van der Waals surface area contributed by atoms with Crippen molar-refractivity contribution in [2.75, 3.05) is 19.6 Å². The van der Waals surface area contributed by atoms with E-state index in [0.717, 1.165) is 35.5 Å². The average molecular weight is 382 g/mol. The Morgan fingerprint density at radius 1 is 1.38 bits per heavy atom. The Kier molecular flexibility index (Phi) is 7.17. The molecule has 2 heterocycles. The number of nitrogens with one attached hydrogen (secondary N) is 1. The predicted octanol–water partition coefficient (Wildman–Crippen LogP) is 3.08. The van der Waals surface area contributed by atoms with Crippen molar-refractivity contribution < 1.29 is 13.7 Å². The number of aromatic nitrogens is 1. The lowest BCUT2D eigenvalue weighted by molar-refractivity contribution is -0.133. The van der Waals surface area contributed by atoms with Crippen molar-refractivity contribution in [2.24, 2.45) is 0 Å². The van der Waals surface area contributed by atoms with Crippen LogP contribution in [0.5, 0.6) is 0 Å². The van der Waals surface area contributed by atoms with E-state index in [1.165, 1.54) is 12.1 Å². The first kappa shape index (κ1) is 20.4. The highest BCUT2D eigenvalue weighted by atomic mass is 35.5. The molecule has 1 saturated heterocycles. The van der Waals surface area contributed by atoms with E-state index < -0.39 is 0 Å². The number of piperazine rings is 1. The lowest BCUT2D eigenvalue weighted by Crippen LogP contribution is -2.49. The van der Waals surface area contributed by atoms with Crippen molar-refractivity contribution in [2.45, 2.75) is 39.2 Å². The molecule has 1 aromatic heterocycles. The molecule has 26 heavy (non-hydrogen) atoms. The van der Waals surface area contributed by atoms with Crippen LogP contribution in [0, 0.1) is 5.82 Å².